The molecule has 1 heterocycles. The van der Waals surface area contributed by atoms with E-state index >= 15 is 0 Å². The number of ether oxygens (including phenoxy) is 3. The molecule has 3 aliphatic carbocycles. The van der Waals surface area contributed by atoms with E-state index in [9.17, 15) is 54.3 Å². The zero-order chi connectivity index (χ0) is 35.1. The van der Waals surface area contributed by atoms with Crippen LogP contribution in [0.2, 0.25) is 0 Å². The largest absolute Gasteiger partial charge is 0.507 e. The number of benzene rings is 2. The molecule has 252 valence electrons. The number of hydrogen-bond donors (Lipinski definition) is 6. The molecule has 6 rings (SSSR count). The van der Waals surface area contributed by atoms with Gasteiger partial charge in [-0.3, -0.25) is 28.8 Å². The molecule has 15 heteroatoms. The molecule has 1 aliphatic heterocycles. The van der Waals surface area contributed by atoms with Gasteiger partial charge in [0.25, 0.3) is 0 Å². The lowest BCUT2D eigenvalue weighted by atomic mass is 9.73. The average Bonchev–Trinajstić information content (AvgIpc) is 3.30. The van der Waals surface area contributed by atoms with Crippen molar-refractivity contribution >= 4 is 41.0 Å². The van der Waals surface area contributed by atoms with Gasteiger partial charge in [0.15, 0.2) is 11.4 Å². The van der Waals surface area contributed by atoms with Crippen molar-refractivity contribution in [2.75, 3.05) is 7.11 Å². The van der Waals surface area contributed by atoms with E-state index in [1.165, 1.54) is 13.2 Å². The number of aliphatic hydroxyl groups excluding tert-OH is 2. The summed E-state index contributed by atoms with van der Waals surface area (Å²) in [5.74, 6) is -11.3. The number of phenols is 3. The van der Waals surface area contributed by atoms with E-state index in [1.807, 2.05) is 0 Å². The predicted molar refractivity (Wildman–Crippen MR) is 158 cm³/mol. The Bertz CT molecular complexity index is 1920. The molecule has 0 saturated carbocycles. The van der Waals surface area contributed by atoms with Crippen LogP contribution in [0.3, 0.4) is 0 Å². The number of aromatic hydroxyl groups is 3. The maximum atomic E-state index is 14.1. The second-order valence-electron chi connectivity index (χ2n) is 12.3. The zero-order valence-corrected chi connectivity index (χ0v) is 25.8. The highest BCUT2D eigenvalue weighted by Gasteiger charge is 2.61. The van der Waals surface area contributed by atoms with Crippen molar-refractivity contribution in [3.05, 3.63) is 56.1 Å². The molecule has 5 atom stereocenters. The van der Waals surface area contributed by atoms with Crippen molar-refractivity contribution in [1.29, 1.82) is 0 Å². The molecular formula is C33H30O15. The lowest BCUT2D eigenvalue weighted by Crippen LogP contribution is -2.38. The Hall–Kier alpha value is -5.28. The average molecular weight is 667 g/mol. The number of carbonyl (C=O) groups is 6. The van der Waals surface area contributed by atoms with Crippen LogP contribution in [0.5, 0.6) is 17.2 Å². The Labute approximate surface area is 271 Å². The minimum absolute atomic E-state index is 0.0554. The fourth-order valence-corrected chi connectivity index (χ4v) is 7.65. The summed E-state index contributed by atoms with van der Waals surface area (Å²) < 4.78 is 16.5. The van der Waals surface area contributed by atoms with Gasteiger partial charge < -0.3 is 44.8 Å². The molecule has 0 spiro atoms. The normalized spacial score (nSPS) is 24.3. The van der Waals surface area contributed by atoms with Gasteiger partial charge in [0.1, 0.15) is 23.0 Å². The van der Waals surface area contributed by atoms with Crippen LogP contribution in [-0.4, -0.2) is 85.2 Å². The maximum Gasteiger partial charge on any atom is 0.308 e. The molecule has 2 aromatic carbocycles. The van der Waals surface area contributed by atoms with Gasteiger partial charge in [-0.25, -0.2) is 0 Å². The van der Waals surface area contributed by atoms with Crippen LogP contribution in [0.4, 0.5) is 0 Å². The molecule has 0 saturated heterocycles. The van der Waals surface area contributed by atoms with Gasteiger partial charge in [0, 0.05) is 42.0 Å². The van der Waals surface area contributed by atoms with E-state index in [2.05, 4.69) is 0 Å². The number of carboxylic acid groups (broad SMARTS) is 1. The summed E-state index contributed by atoms with van der Waals surface area (Å²) >= 11 is 0. The van der Waals surface area contributed by atoms with Crippen LogP contribution in [0.25, 0.3) is 5.76 Å². The first-order valence-corrected chi connectivity index (χ1v) is 14.9. The molecule has 0 radical (unpaired) electrons. The van der Waals surface area contributed by atoms with Crippen molar-refractivity contribution in [2.24, 2.45) is 0 Å². The second kappa shape index (κ2) is 11.2. The van der Waals surface area contributed by atoms with Crippen LogP contribution in [0.15, 0.2) is 11.6 Å². The number of Topliss-reactive ketones (excluding diaryl/α,β-unsaturated/α-hetero) is 3. The Kier molecular flexibility index (Phi) is 7.59. The molecule has 6 N–H and O–H groups in total. The summed E-state index contributed by atoms with van der Waals surface area (Å²) in [5.41, 5.74) is -4.87. The second-order valence-corrected chi connectivity index (χ2v) is 12.3. The highest BCUT2D eigenvalue weighted by Crippen LogP contribution is 2.65. The molecule has 15 nitrogen and oxygen atoms in total. The zero-order valence-electron chi connectivity index (χ0n) is 25.8. The van der Waals surface area contributed by atoms with E-state index in [0.29, 0.717) is 5.56 Å². The summed E-state index contributed by atoms with van der Waals surface area (Å²) in [4.78, 5) is 76.4. The quantitative estimate of drug-likeness (QED) is 0.141. The van der Waals surface area contributed by atoms with Crippen LogP contribution in [0, 0.1) is 0 Å². The molecule has 0 aromatic heterocycles. The molecule has 48 heavy (non-hydrogen) atoms. The van der Waals surface area contributed by atoms with Crippen LogP contribution in [0.1, 0.15) is 106 Å². The predicted octanol–water partition coefficient (Wildman–Crippen LogP) is 2.12. The SMILES string of the molecule is COC(=O)C[C@H]1Cc2cc3c(c(O)c2[C@H](C)O1)C(=O)[C@H]1CC3(OC(C)=O)c2c(O)c3c(c(O)c21)C(=O)C(=O)C(C[C@@H](O)CC(=O)O)=C3O. The van der Waals surface area contributed by atoms with Gasteiger partial charge in [-0.05, 0) is 25.0 Å². The number of esters is 2. The first-order chi connectivity index (χ1) is 22.5. The summed E-state index contributed by atoms with van der Waals surface area (Å²) in [6, 6.07) is 1.48. The van der Waals surface area contributed by atoms with E-state index in [-0.39, 0.29) is 40.7 Å². The summed E-state index contributed by atoms with van der Waals surface area (Å²) in [7, 11) is 1.21. The van der Waals surface area contributed by atoms with Crippen molar-refractivity contribution in [2.45, 2.75) is 75.8 Å². The summed E-state index contributed by atoms with van der Waals surface area (Å²) in [6.45, 7) is 2.65. The number of aliphatic hydroxyl groups is 2. The Morgan fingerprint density at radius 2 is 1.67 bits per heavy atom. The van der Waals surface area contributed by atoms with Crippen LogP contribution >= 0.6 is 0 Å². The molecule has 2 bridgehead atoms. The number of phenolic OH excluding ortho intramolecular Hbond substituents is 3. The van der Waals surface area contributed by atoms with E-state index in [4.69, 9.17) is 19.3 Å². The fourth-order valence-electron chi connectivity index (χ4n) is 7.65. The standard InChI is InChI=1S/C33H30O15/c1-10-20-12(4-14(47-10)8-19(38)46-3)5-17-22(29(20)42)27(40)16-9-33(17,48-11(2)34)25-21(16)30(43)24-23(31(25)44)26(39)15(28(41)32(24)45)6-13(35)7-18(36)37/h5,10,13-14,16,35,39,42-44H,4,6-9H2,1-3H3,(H,36,37)/t10-,13+,14+,16-,33?/m0/s1. The van der Waals surface area contributed by atoms with E-state index in [0.717, 1.165) is 6.92 Å². The number of fused-ring (bicyclic) bond motifs is 9. The minimum atomic E-state index is -2.08. The first-order valence-electron chi connectivity index (χ1n) is 14.9. The first kappa shape index (κ1) is 32.7. The van der Waals surface area contributed by atoms with Crippen molar-refractivity contribution in [3.63, 3.8) is 0 Å². The number of ketones is 3. The number of methoxy groups -OCH3 is 1. The Morgan fingerprint density at radius 3 is 2.29 bits per heavy atom. The number of aliphatic carboxylic acids is 1. The highest BCUT2D eigenvalue weighted by molar-refractivity contribution is 6.53. The van der Waals surface area contributed by atoms with Gasteiger partial charge in [0.05, 0.1) is 66.4 Å². The van der Waals surface area contributed by atoms with Gasteiger partial charge in [-0.15, -0.1) is 0 Å². The van der Waals surface area contributed by atoms with Crippen molar-refractivity contribution in [3.8, 4) is 17.2 Å². The third-order valence-electron chi connectivity index (χ3n) is 9.42. The molecule has 2 aromatic rings. The lowest BCUT2D eigenvalue weighted by Gasteiger charge is -2.38. The monoisotopic (exact) mass is 666 g/mol. The van der Waals surface area contributed by atoms with Gasteiger partial charge in [-0.1, -0.05) is 0 Å². The smallest absolute Gasteiger partial charge is 0.308 e. The van der Waals surface area contributed by atoms with E-state index < -0.39 is 124 Å². The highest BCUT2D eigenvalue weighted by atomic mass is 16.6. The van der Waals surface area contributed by atoms with Gasteiger partial charge in [-0.2, -0.15) is 0 Å². The summed E-state index contributed by atoms with van der Waals surface area (Å²) in [6.07, 6.45) is -5.36. The fraction of sp³-hybridized carbons (Fsp3) is 0.394. The molecular weight excluding hydrogens is 636 g/mol. The van der Waals surface area contributed by atoms with E-state index in [1.54, 1.807) is 6.92 Å². The third-order valence-corrected chi connectivity index (χ3v) is 9.42. The van der Waals surface area contributed by atoms with Crippen LogP contribution in [-0.2, 0) is 45.4 Å². The lowest BCUT2D eigenvalue weighted by molar-refractivity contribution is -0.154. The number of carbonyl (C=O) groups excluding carboxylic acids is 5. The third kappa shape index (κ3) is 4.56. The maximum absolute atomic E-state index is 14.1. The minimum Gasteiger partial charge on any atom is -0.507 e. The molecule has 4 aliphatic rings. The number of carboxylic acids is 1. The van der Waals surface area contributed by atoms with Crippen molar-refractivity contribution < 1.29 is 73.6 Å². The number of rotatable bonds is 7. The van der Waals surface area contributed by atoms with Crippen LogP contribution < -0.4 is 0 Å². The topological polar surface area (TPSA) is 251 Å². The van der Waals surface area contributed by atoms with Gasteiger partial charge >= 0.3 is 17.9 Å². The number of hydrogen-bond acceptors (Lipinski definition) is 14. The molecule has 1 unspecified atom stereocenters. The van der Waals surface area contributed by atoms with Crippen molar-refractivity contribution in [1.82, 2.24) is 0 Å². The molecule has 0 fully saturated rings. The molecule has 0 amide bonds. The Morgan fingerprint density at radius 1 is 1.00 bits per heavy atom. The van der Waals surface area contributed by atoms with Gasteiger partial charge in [0.2, 0.25) is 11.6 Å². The summed E-state index contributed by atoms with van der Waals surface area (Å²) in [5, 5.41) is 65.5. The Balaban J connectivity index is 1.62.